The first-order valence-electron chi connectivity index (χ1n) is 7.39. The summed E-state index contributed by atoms with van der Waals surface area (Å²) in [5.74, 6) is 2.10. The minimum Gasteiger partial charge on any atom is -0.493 e. The molecule has 1 aromatic carbocycles. The molecule has 1 heterocycles. The summed E-state index contributed by atoms with van der Waals surface area (Å²) in [7, 11) is 3.27. The highest BCUT2D eigenvalue weighted by atomic mass is 79.9. The molecule has 124 valence electrons. The molecule has 0 saturated carbocycles. The first-order valence-corrected chi connectivity index (χ1v) is 8.19. The molecule has 23 heavy (non-hydrogen) atoms. The minimum atomic E-state index is 0.636. The molecular formula is C17H21BrN2O3. The van der Waals surface area contributed by atoms with Crippen molar-refractivity contribution in [1.82, 2.24) is 10.3 Å². The molecule has 0 fully saturated rings. The van der Waals surface area contributed by atoms with Gasteiger partial charge in [-0.1, -0.05) is 22.0 Å². The van der Waals surface area contributed by atoms with Gasteiger partial charge in [-0.25, -0.2) is 4.98 Å². The maximum Gasteiger partial charge on any atom is 0.213 e. The molecule has 2 rings (SSSR count). The Morgan fingerprint density at radius 1 is 1.13 bits per heavy atom. The highest BCUT2D eigenvalue weighted by Crippen LogP contribution is 2.33. The van der Waals surface area contributed by atoms with Crippen molar-refractivity contribution in [2.75, 3.05) is 27.4 Å². The maximum absolute atomic E-state index is 5.55. The molecule has 0 aliphatic carbocycles. The molecule has 1 aromatic heterocycles. The Bertz CT molecular complexity index is 608. The molecule has 0 aliphatic rings. The predicted molar refractivity (Wildman–Crippen MR) is 93.3 cm³/mol. The van der Waals surface area contributed by atoms with E-state index in [2.05, 4.69) is 26.2 Å². The van der Waals surface area contributed by atoms with Crippen molar-refractivity contribution < 1.29 is 14.2 Å². The van der Waals surface area contributed by atoms with Crippen LogP contribution in [-0.2, 0) is 6.54 Å². The molecule has 0 spiro atoms. The Morgan fingerprint density at radius 2 is 1.91 bits per heavy atom. The summed E-state index contributed by atoms with van der Waals surface area (Å²) in [5.41, 5.74) is 1.12. The van der Waals surface area contributed by atoms with E-state index in [0.717, 1.165) is 35.3 Å². The summed E-state index contributed by atoms with van der Waals surface area (Å²) in [6.07, 6.45) is 2.63. The number of hydrogen-bond acceptors (Lipinski definition) is 5. The van der Waals surface area contributed by atoms with Crippen LogP contribution in [0.5, 0.6) is 17.4 Å². The topological polar surface area (TPSA) is 52.6 Å². The van der Waals surface area contributed by atoms with Crippen molar-refractivity contribution >= 4 is 15.9 Å². The Morgan fingerprint density at radius 3 is 2.61 bits per heavy atom. The van der Waals surface area contributed by atoms with Gasteiger partial charge in [-0.05, 0) is 36.7 Å². The van der Waals surface area contributed by atoms with Gasteiger partial charge in [-0.2, -0.15) is 0 Å². The summed E-state index contributed by atoms with van der Waals surface area (Å²) in [6, 6.07) is 9.53. The number of pyridine rings is 1. The van der Waals surface area contributed by atoms with Gasteiger partial charge in [0.2, 0.25) is 5.88 Å². The third-order valence-electron chi connectivity index (χ3n) is 3.25. The van der Waals surface area contributed by atoms with E-state index in [1.165, 1.54) is 0 Å². The largest absolute Gasteiger partial charge is 0.493 e. The van der Waals surface area contributed by atoms with Crippen LogP contribution < -0.4 is 19.5 Å². The van der Waals surface area contributed by atoms with E-state index < -0.39 is 0 Å². The first kappa shape index (κ1) is 17.6. The minimum absolute atomic E-state index is 0.636. The van der Waals surface area contributed by atoms with Gasteiger partial charge in [0.15, 0.2) is 11.5 Å². The lowest BCUT2D eigenvalue weighted by Crippen LogP contribution is -2.17. The highest BCUT2D eigenvalue weighted by Gasteiger charge is 2.09. The molecule has 0 bridgehead atoms. The first-order chi connectivity index (χ1) is 11.2. The number of aromatic nitrogens is 1. The monoisotopic (exact) mass is 380 g/mol. The number of nitrogens with one attached hydrogen (secondary N) is 1. The van der Waals surface area contributed by atoms with Gasteiger partial charge in [-0.3, -0.25) is 0 Å². The standard InChI is InChI=1S/C17H21BrN2O3/c1-21-15-10-13(14(18)11-16(15)22-2)12-19-7-5-9-23-17-6-3-4-8-20-17/h3-4,6,8,10-11,19H,5,7,9,12H2,1-2H3. The molecule has 0 amide bonds. The zero-order valence-corrected chi connectivity index (χ0v) is 14.9. The number of rotatable bonds is 9. The lowest BCUT2D eigenvalue weighted by Gasteiger charge is -2.12. The summed E-state index contributed by atoms with van der Waals surface area (Å²) >= 11 is 3.56. The van der Waals surface area contributed by atoms with E-state index in [1.54, 1.807) is 20.4 Å². The molecule has 0 atom stereocenters. The van der Waals surface area contributed by atoms with Gasteiger partial charge >= 0.3 is 0 Å². The number of methoxy groups -OCH3 is 2. The summed E-state index contributed by atoms with van der Waals surface area (Å²) in [6.45, 7) is 2.23. The molecule has 0 radical (unpaired) electrons. The fourth-order valence-corrected chi connectivity index (χ4v) is 2.52. The van der Waals surface area contributed by atoms with Crippen LogP contribution in [0.4, 0.5) is 0 Å². The molecule has 0 unspecified atom stereocenters. The number of hydrogen-bond donors (Lipinski definition) is 1. The van der Waals surface area contributed by atoms with Gasteiger partial charge in [0.25, 0.3) is 0 Å². The van der Waals surface area contributed by atoms with Gasteiger partial charge in [-0.15, -0.1) is 0 Å². The van der Waals surface area contributed by atoms with Crippen molar-refractivity contribution in [1.29, 1.82) is 0 Å². The predicted octanol–water partition coefficient (Wildman–Crippen LogP) is 3.42. The fourth-order valence-electron chi connectivity index (χ4n) is 2.06. The second kappa shape index (κ2) is 9.37. The van der Waals surface area contributed by atoms with Crippen molar-refractivity contribution in [3.05, 3.63) is 46.6 Å². The van der Waals surface area contributed by atoms with Crippen molar-refractivity contribution in [3.8, 4) is 17.4 Å². The molecule has 0 saturated heterocycles. The van der Waals surface area contributed by atoms with Gasteiger partial charge in [0, 0.05) is 23.3 Å². The molecule has 1 N–H and O–H groups in total. The van der Waals surface area contributed by atoms with Crippen LogP contribution in [-0.4, -0.2) is 32.4 Å². The van der Waals surface area contributed by atoms with E-state index in [1.807, 2.05) is 30.3 Å². The van der Waals surface area contributed by atoms with Crippen LogP contribution in [0.25, 0.3) is 0 Å². The molecule has 2 aromatic rings. The smallest absolute Gasteiger partial charge is 0.213 e. The zero-order chi connectivity index (χ0) is 16.5. The van der Waals surface area contributed by atoms with E-state index in [0.29, 0.717) is 18.2 Å². The second-order valence-corrected chi connectivity index (χ2v) is 5.70. The molecule has 0 aliphatic heterocycles. The van der Waals surface area contributed by atoms with Crippen LogP contribution in [0.1, 0.15) is 12.0 Å². The Hall–Kier alpha value is -1.79. The molecule has 5 nitrogen and oxygen atoms in total. The van der Waals surface area contributed by atoms with E-state index in [4.69, 9.17) is 14.2 Å². The highest BCUT2D eigenvalue weighted by molar-refractivity contribution is 9.10. The van der Waals surface area contributed by atoms with Crippen LogP contribution in [0, 0.1) is 0 Å². The van der Waals surface area contributed by atoms with Crippen LogP contribution in [0.3, 0.4) is 0 Å². The zero-order valence-electron chi connectivity index (χ0n) is 13.3. The fraction of sp³-hybridized carbons (Fsp3) is 0.353. The van der Waals surface area contributed by atoms with Gasteiger partial charge in [0.05, 0.1) is 20.8 Å². The third-order valence-corrected chi connectivity index (χ3v) is 3.99. The number of ether oxygens (including phenoxy) is 3. The van der Waals surface area contributed by atoms with Gasteiger partial charge in [0.1, 0.15) is 0 Å². The van der Waals surface area contributed by atoms with Crippen LogP contribution in [0.2, 0.25) is 0 Å². The summed E-state index contributed by atoms with van der Waals surface area (Å²) in [5, 5.41) is 3.39. The van der Waals surface area contributed by atoms with Crippen LogP contribution >= 0.6 is 15.9 Å². The Balaban J connectivity index is 1.74. The Kier molecular flexibility index (Phi) is 7.16. The van der Waals surface area contributed by atoms with E-state index in [9.17, 15) is 0 Å². The average molecular weight is 381 g/mol. The molecular weight excluding hydrogens is 360 g/mol. The summed E-state index contributed by atoms with van der Waals surface area (Å²) in [4.78, 5) is 4.12. The maximum atomic E-state index is 5.55. The van der Waals surface area contributed by atoms with Crippen LogP contribution in [0.15, 0.2) is 41.0 Å². The van der Waals surface area contributed by atoms with Crippen molar-refractivity contribution in [3.63, 3.8) is 0 Å². The van der Waals surface area contributed by atoms with E-state index in [-0.39, 0.29) is 0 Å². The SMILES string of the molecule is COc1cc(Br)c(CNCCCOc2ccccn2)cc1OC. The Labute approximate surface area is 145 Å². The summed E-state index contributed by atoms with van der Waals surface area (Å²) < 4.78 is 17.1. The molecule has 6 heteroatoms. The third kappa shape index (κ3) is 5.41. The quantitative estimate of drug-likeness (QED) is 0.675. The lowest BCUT2D eigenvalue weighted by molar-refractivity contribution is 0.296. The number of halogens is 1. The number of benzene rings is 1. The van der Waals surface area contributed by atoms with E-state index >= 15 is 0 Å². The normalized spacial score (nSPS) is 10.4. The number of nitrogens with zero attached hydrogens (tertiary/aromatic N) is 1. The average Bonchev–Trinajstić information content (AvgIpc) is 2.59. The van der Waals surface area contributed by atoms with Crippen molar-refractivity contribution in [2.24, 2.45) is 0 Å². The van der Waals surface area contributed by atoms with Crippen molar-refractivity contribution in [2.45, 2.75) is 13.0 Å². The second-order valence-electron chi connectivity index (χ2n) is 4.85. The lowest BCUT2D eigenvalue weighted by atomic mass is 10.2. The van der Waals surface area contributed by atoms with Gasteiger partial charge < -0.3 is 19.5 Å².